The molecule has 30 heavy (non-hydrogen) atoms. The molecule has 152 valence electrons. The molecule has 0 spiro atoms. The van der Waals surface area contributed by atoms with Gasteiger partial charge >= 0.3 is 0 Å². The van der Waals surface area contributed by atoms with Gasteiger partial charge in [-0.15, -0.1) is 6.58 Å². The number of carbonyl (C=O) groups excluding carboxylic acids is 1. The van der Waals surface area contributed by atoms with Crippen LogP contribution in [0.15, 0.2) is 84.3 Å². The fourth-order valence-corrected chi connectivity index (χ4v) is 5.15. The number of rotatable bonds is 5. The lowest BCUT2D eigenvalue weighted by Crippen LogP contribution is -2.34. The predicted molar refractivity (Wildman–Crippen MR) is 118 cm³/mol. The summed E-state index contributed by atoms with van der Waals surface area (Å²) in [6.07, 6.45) is 1.54. The quantitative estimate of drug-likeness (QED) is 0.624. The second-order valence-electron chi connectivity index (χ2n) is 6.74. The van der Waals surface area contributed by atoms with E-state index in [9.17, 15) is 13.2 Å². The number of hydrogen-bond acceptors (Lipinski definition) is 4. The van der Waals surface area contributed by atoms with Crippen molar-refractivity contribution in [3.63, 3.8) is 0 Å². The molecule has 1 aliphatic heterocycles. The second-order valence-corrected chi connectivity index (χ2v) is 8.57. The number of carbonyl (C=O) groups is 1. The molecule has 1 aliphatic rings. The minimum Gasteiger partial charge on any atom is -0.497 e. The Morgan fingerprint density at radius 1 is 1.07 bits per heavy atom. The fraction of sp³-hybridized carbons (Fsp3) is 0.0870. The first-order valence-electron chi connectivity index (χ1n) is 9.28. The SMILES string of the molecule is C=CCN1c2ccc(C(=O)Nc3cccc(OC)c3)cc2-c2ccccc2S1(=O)=O. The van der Waals surface area contributed by atoms with Crippen LogP contribution < -0.4 is 14.4 Å². The minimum atomic E-state index is -3.70. The van der Waals surface area contributed by atoms with Crippen LogP contribution in [0.4, 0.5) is 11.4 Å². The van der Waals surface area contributed by atoms with E-state index in [4.69, 9.17) is 4.74 Å². The van der Waals surface area contributed by atoms with Gasteiger partial charge in [0, 0.05) is 28.4 Å². The van der Waals surface area contributed by atoms with E-state index in [1.54, 1.807) is 79.9 Å². The number of benzene rings is 3. The van der Waals surface area contributed by atoms with Crippen LogP contribution in [0, 0.1) is 0 Å². The molecule has 0 saturated carbocycles. The molecular weight excluding hydrogens is 400 g/mol. The molecule has 0 unspecified atom stereocenters. The molecular formula is C23H20N2O4S. The normalized spacial score (nSPS) is 13.7. The molecule has 0 aromatic heterocycles. The third kappa shape index (κ3) is 3.33. The van der Waals surface area contributed by atoms with Crippen LogP contribution in [0.25, 0.3) is 11.1 Å². The Kier molecular flexibility index (Phi) is 5.05. The molecule has 4 rings (SSSR count). The Morgan fingerprint density at radius 2 is 1.87 bits per heavy atom. The average Bonchev–Trinajstić information content (AvgIpc) is 2.76. The number of amides is 1. The molecule has 1 amide bonds. The van der Waals surface area contributed by atoms with Gasteiger partial charge in [-0.25, -0.2) is 8.42 Å². The number of methoxy groups -OCH3 is 1. The molecule has 0 radical (unpaired) electrons. The largest absolute Gasteiger partial charge is 0.497 e. The first-order valence-corrected chi connectivity index (χ1v) is 10.7. The van der Waals surface area contributed by atoms with Crippen molar-refractivity contribution in [2.75, 3.05) is 23.3 Å². The molecule has 7 heteroatoms. The van der Waals surface area contributed by atoms with E-state index < -0.39 is 10.0 Å². The van der Waals surface area contributed by atoms with Crippen LogP contribution in [0.2, 0.25) is 0 Å². The molecule has 1 heterocycles. The van der Waals surface area contributed by atoms with Crippen LogP contribution in [-0.4, -0.2) is 28.0 Å². The maximum Gasteiger partial charge on any atom is 0.265 e. The zero-order valence-electron chi connectivity index (χ0n) is 16.3. The van der Waals surface area contributed by atoms with Gasteiger partial charge in [-0.05, 0) is 36.4 Å². The fourth-order valence-electron chi connectivity index (χ4n) is 3.49. The van der Waals surface area contributed by atoms with Gasteiger partial charge in [0.1, 0.15) is 5.75 Å². The van der Waals surface area contributed by atoms with Crippen molar-refractivity contribution >= 4 is 27.3 Å². The molecule has 3 aromatic rings. The zero-order chi connectivity index (χ0) is 21.3. The maximum atomic E-state index is 13.1. The molecule has 0 aliphatic carbocycles. The Bertz CT molecular complexity index is 1250. The summed E-state index contributed by atoms with van der Waals surface area (Å²) >= 11 is 0. The Labute approximate surface area is 175 Å². The third-order valence-corrected chi connectivity index (χ3v) is 6.73. The Balaban J connectivity index is 1.77. The van der Waals surface area contributed by atoms with Crippen LogP contribution >= 0.6 is 0 Å². The summed E-state index contributed by atoms with van der Waals surface area (Å²) in [5, 5.41) is 2.85. The molecule has 6 nitrogen and oxygen atoms in total. The number of ether oxygens (including phenoxy) is 1. The van der Waals surface area contributed by atoms with Gasteiger partial charge in [-0.1, -0.05) is 30.3 Å². The summed E-state index contributed by atoms with van der Waals surface area (Å²) in [7, 11) is -2.14. The van der Waals surface area contributed by atoms with Crippen molar-refractivity contribution in [3.8, 4) is 16.9 Å². The number of nitrogens with one attached hydrogen (secondary N) is 1. The van der Waals surface area contributed by atoms with Gasteiger partial charge in [-0.2, -0.15) is 0 Å². The monoisotopic (exact) mass is 420 g/mol. The highest BCUT2D eigenvalue weighted by molar-refractivity contribution is 7.93. The van der Waals surface area contributed by atoms with Gasteiger partial charge < -0.3 is 10.1 Å². The smallest absolute Gasteiger partial charge is 0.265 e. The van der Waals surface area contributed by atoms with Crippen molar-refractivity contribution in [1.82, 2.24) is 0 Å². The van der Waals surface area contributed by atoms with E-state index in [0.717, 1.165) is 0 Å². The van der Waals surface area contributed by atoms with E-state index in [1.807, 2.05) is 0 Å². The maximum absolute atomic E-state index is 13.1. The lowest BCUT2D eigenvalue weighted by atomic mass is 10.00. The summed E-state index contributed by atoms with van der Waals surface area (Å²) < 4.78 is 32.6. The van der Waals surface area contributed by atoms with E-state index in [2.05, 4.69) is 11.9 Å². The van der Waals surface area contributed by atoms with Gasteiger partial charge in [0.15, 0.2) is 0 Å². The summed E-state index contributed by atoms with van der Waals surface area (Å²) in [5.74, 6) is 0.338. The van der Waals surface area contributed by atoms with Crippen LogP contribution in [0.5, 0.6) is 5.75 Å². The van der Waals surface area contributed by atoms with Crippen LogP contribution in [-0.2, 0) is 10.0 Å². The van der Waals surface area contributed by atoms with Crippen LogP contribution in [0.3, 0.4) is 0 Å². The standard InChI is InChI=1S/C23H20N2O4S/c1-3-13-25-21-12-11-16(23(26)24-17-7-6-8-18(15-17)29-2)14-20(21)19-9-4-5-10-22(19)30(25,27)28/h3-12,14-15H,1,13H2,2H3,(H,24,26). The molecule has 3 aromatic carbocycles. The predicted octanol–water partition coefficient (Wildman–Crippen LogP) is 4.31. The molecule has 0 bridgehead atoms. The summed E-state index contributed by atoms with van der Waals surface area (Å²) in [6, 6.07) is 18.9. The van der Waals surface area contributed by atoms with Crippen molar-refractivity contribution in [2.24, 2.45) is 0 Å². The Morgan fingerprint density at radius 3 is 2.63 bits per heavy atom. The van der Waals surface area contributed by atoms with E-state index in [-0.39, 0.29) is 17.3 Å². The third-order valence-electron chi connectivity index (χ3n) is 4.90. The molecule has 0 saturated heterocycles. The highest BCUT2D eigenvalue weighted by Crippen LogP contribution is 2.43. The van der Waals surface area contributed by atoms with Gasteiger partial charge in [0.2, 0.25) is 0 Å². The number of sulfonamides is 1. The highest BCUT2D eigenvalue weighted by Gasteiger charge is 2.34. The average molecular weight is 420 g/mol. The van der Waals surface area contributed by atoms with Gasteiger partial charge in [-0.3, -0.25) is 9.10 Å². The van der Waals surface area contributed by atoms with E-state index >= 15 is 0 Å². The van der Waals surface area contributed by atoms with Crippen molar-refractivity contribution in [3.05, 3.63) is 84.9 Å². The molecule has 1 N–H and O–H groups in total. The summed E-state index contributed by atoms with van der Waals surface area (Å²) in [6.45, 7) is 3.81. The number of hydrogen-bond donors (Lipinski definition) is 1. The second kappa shape index (κ2) is 7.68. The number of nitrogens with zero attached hydrogens (tertiary/aromatic N) is 1. The summed E-state index contributed by atoms with van der Waals surface area (Å²) in [4.78, 5) is 13.1. The van der Waals surface area contributed by atoms with E-state index in [1.165, 1.54) is 4.31 Å². The summed E-state index contributed by atoms with van der Waals surface area (Å²) in [5.41, 5.74) is 2.80. The van der Waals surface area contributed by atoms with Gasteiger partial charge in [0.05, 0.1) is 24.2 Å². The van der Waals surface area contributed by atoms with Crippen molar-refractivity contribution in [2.45, 2.75) is 4.90 Å². The topological polar surface area (TPSA) is 75.7 Å². The van der Waals surface area contributed by atoms with E-state index in [0.29, 0.717) is 33.8 Å². The zero-order valence-corrected chi connectivity index (χ0v) is 17.1. The van der Waals surface area contributed by atoms with Crippen molar-refractivity contribution in [1.29, 1.82) is 0 Å². The minimum absolute atomic E-state index is 0.138. The van der Waals surface area contributed by atoms with Crippen LogP contribution in [0.1, 0.15) is 10.4 Å². The number of fused-ring (bicyclic) bond motifs is 3. The first kappa shape index (κ1) is 19.7. The lowest BCUT2D eigenvalue weighted by molar-refractivity contribution is 0.102. The highest BCUT2D eigenvalue weighted by atomic mass is 32.2. The Hall–Kier alpha value is -3.58. The lowest BCUT2D eigenvalue weighted by Gasteiger charge is -2.31. The number of anilines is 2. The van der Waals surface area contributed by atoms with Gasteiger partial charge in [0.25, 0.3) is 15.9 Å². The first-order chi connectivity index (χ1) is 14.5. The molecule has 0 fully saturated rings. The molecule has 0 atom stereocenters. The van der Waals surface area contributed by atoms with Crippen molar-refractivity contribution < 1.29 is 17.9 Å².